The third kappa shape index (κ3) is 2.71. The number of nitrogens with one attached hydrogen (secondary N) is 1. The van der Waals surface area contributed by atoms with Gasteiger partial charge in [0.1, 0.15) is 0 Å². The first-order valence-electron chi connectivity index (χ1n) is 6.71. The average Bonchev–Trinajstić information content (AvgIpc) is 2.79. The van der Waals surface area contributed by atoms with E-state index in [0.29, 0.717) is 6.04 Å². The Morgan fingerprint density at radius 1 is 1.35 bits per heavy atom. The molecule has 1 N–H and O–H groups in total. The van der Waals surface area contributed by atoms with Gasteiger partial charge in [-0.15, -0.1) is 0 Å². The Labute approximate surface area is 103 Å². The van der Waals surface area contributed by atoms with Crippen molar-refractivity contribution in [3.05, 3.63) is 28.7 Å². The van der Waals surface area contributed by atoms with Gasteiger partial charge in [-0.25, -0.2) is 0 Å². The Kier molecular flexibility index (Phi) is 3.87. The first-order chi connectivity index (χ1) is 8.24. The molecule has 2 rings (SSSR count). The van der Waals surface area contributed by atoms with Gasteiger partial charge >= 0.3 is 0 Å². The number of pyridine rings is 1. The van der Waals surface area contributed by atoms with Crippen LogP contribution in [0, 0.1) is 5.92 Å². The number of aryl methyl sites for hydroxylation is 1. The molecule has 1 aliphatic rings. The summed E-state index contributed by atoms with van der Waals surface area (Å²) >= 11 is 0. The van der Waals surface area contributed by atoms with Crippen LogP contribution in [-0.4, -0.2) is 10.6 Å². The molecule has 3 heteroatoms. The fourth-order valence-electron chi connectivity index (χ4n) is 2.79. The van der Waals surface area contributed by atoms with Crippen molar-refractivity contribution in [2.45, 2.75) is 52.1 Å². The normalized spacial score (nSPS) is 23.9. The van der Waals surface area contributed by atoms with Crippen molar-refractivity contribution in [1.29, 1.82) is 0 Å². The van der Waals surface area contributed by atoms with Gasteiger partial charge in [-0.3, -0.25) is 4.79 Å². The molecule has 0 aromatic carbocycles. The maximum absolute atomic E-state index is 11.5. The predicted octanol–water partition coefficient (Wildman–Crippen LogP) is 2.86. The van der Waals surface area contributed by atoms with Crippen molar-refractivity contribution < 1.29 is 0 Å². The highest BCUT2D eigenvalue weighted by Crippen LogP contribution is 2.30. The molecule has 1 heterocycles. The topological polar surface area (TPSA) is 34.0 Å². The van der Waals surface area contributed by atoms with Gasteiger partial charge in [0.25, 0.3) is 5.56 Å². The first-order valence-corrected chi connectivity index (χ1v) is 6.71. The lowest BCUT2D eigenvalue weighted by Crippen LogP contribution is -2.25. The fourth-order valence-corrected chi connectivity index (χ4v) is 2.79. The molecule has 0 spiro atoms. The van der Waals surface area contributed by atoms with Crippen LogP contribution in [-0.2, 0) is 6.54 Å². The Balaban J connectivity index is 2.10. The molecule has 2 atom stereocenters. The molecule has 1 fully saturated rings. The van der Waals surface area contributed by atoms with Crippen LogP contribution < -0.4 is 10.9 Å². The molecule has 0 bridgehead atoms. The van der Waals surface area contributed by atoms with Gasteiger partial charge in [-0.05, 0) is 31.7 Å². The lowest BCUT2D eigenvalue weighted by Gasteiger charge is -2.21. The van der Waals surface area contributed by atoms with Crippen LogP contribution in [0.25, 0.3) is 0 Å². The van der Waals surface area contributed by atoms with Crippen molar-refractivity contribution in [3.63, 3.8) is 0 Å². The second-order valence-corrected chi connectivity index (χ2v) is 4.89. The molecule has 94 valence electrons. The van der Waals surface area contributed by atoms with Crippen LogP contribution >= 0.6 is 0 Å². The van der Waals surface area contributed by atoms with E-state index < -0.39 is 0 Å². The Morgan fingerprint density at radius 2 is 2.18 bits per heavy atom. The van der Waals surface area contributed by atoms with Gasteiger partial charge in [-0.2, -0.15) is 0 Å². The summed E-state index contributed by atoms with van der Waals surface area (Å²) in [6.07, 6.45) is 7.09. The van der Waals surface area contributed by atoms with E-state index in [0.717, 1.165) is 18.2 Å². The molecule has 1 saturated carbocycles. The zero-order valence-electron chi connectivity index (χ0n) is 10.8. The number of nitrogens with zero attached hydrogens (tertiary/aromatic N) is 1. The van der Waals surface area contributed by atoms with Gasteiger partial charge in [0.2, 0.25) is 0 Å². The van der Waals surface area contributed by atoms with Crippen LogP contribution in [0.4, 0.5) is 5.69 Å². The Morgan fingerprint density at radius 3 is 2.88 bits per heavy atom. The van der Waals surface area contributed by atoms with Crippen molar-refractivity contribution in [1.82, 2.24) is 4.57 Å². The predicted molar refractivity (Wildman–Crippen MR) is 71.4 cm³/mol. The minimum atomic E-state index is 0.0801. The third-order valence-electron chi connectivity index (χ3n) is 3.86. The Bertz CT molecular complexity index is 424. The summed E-state index contributed by atoms with van der Waals surface area (Å²) in [5.74, 6) is 0.789. The molecule has 1 aromatic rings. The lowest BCUT2D eigenvalue weighted by atomic mass is 10.0. The summed E-state index contributed by atoms with van der Waals surface area (Å²) in [6.45, 7) is 4.99. The summed E-state index contributed by atoms with van der Waals surface area (Å²) in [6, 6.07) is 4.14. The molecule has 2 unspecified atom stereocenters. The van der Waals surface area contributed by atoms with E-state index in [1.165, 1.54) is 25.7 Å². The van der Waals surface area contributed by atoms with E-state index in [9.17, 15) is 4.79 Å². The summed E-state index contributed by atoms with van der Waals surface area (Å²) in [5, 5.41) is 3.58. The number of hydrogen-bond donors (Lipinski definition) is 1. The summed E-state index contributed by atoms with van der Waals surface area (Å²) in [5.41, 5.74) is 1.16. The molecule has 0 aliphatic heterocycles. The van der Waals surface area contributed by atoms with E-state index in [1.807, 2.05) is 19.2 Å². The van der Waals surface area contributed by atoms with Crippen molar-refractivity contribution in [2.75, 3.05) is 5.32 Å². The SMILES string of the molecule is CCC1CCCC1Nc1ccc(=O)n(CC)c1. The van der Waals surface area contributed by atoms with E-state index in [4.69, 9.17) is 0 Å². The largest absolute Gasteiger partial charge is 0.381 e. The lowest BCUT2D eigenvalue weighted by molar-refractivity contribution is 0.488. The van der Waals surface area contributed by atoms with E-state index in [-0.39, 0.29) is 5.56 Å². The molecule has 1 aliphatic carbocycles. The number of hydrogen-bond acceptors (Lipinski definition) is 2. The van der Waals surface area contributed by atoms with Crippen LogP contribution in [0.1, 0.15) is 39.5 Å². The van der Waals surface area contributed by atoms with Crippen molar-refractivity contribution in [3.8, 4) is 0 Å². The quantitative estimate of drug-likeness (QED) is 0.869. The van der Waals surface area contributed by atoms with Crippen LogP contribution in [0.3, 0.4) is 0 Å². The monoisotopic (exact) mass is 234 g/mol. The molecule has 3 nitrogen and oxygen atoms in total. The number of rotatable bonds is 4. The molecule has 17 heavy (non-hydrogen) atoms. The highest BCUT2D eigenvalue weighted by atomic mass is 16.1. The van der Waals surface area contributed by atoms with Gasteiger partial charge in [0, 0.05) is 24.8 Å². The van der Waals surface area contributed by atoms with E-state index in [1.54, 1.807) is 10.6 Å². The fraction of sp³-hybridized carbons (Fsp3) is 0.643. The molecule has 1 aromatic heterocycles. The minimum absolute atomic E-state index is 0.0801. The van der Waals surface area contributed by atoms with Crippen molar-refractivity contribution in [2.24, 2.45) is 5.92 Å². The first kappa shape index (κ1) is 12.2. The summed E-state index contributed by atoms with van der Waals surface area (Å²) in [4.78, 5) is 11.5. The van der Waals surface area contributed by atoms with E-state index in [2.05, 4.69) is 12.2 Å². The number of aromatic nitrogens is 1. The molecule has 0 amide bonds. The zero-order chi connectivity index (χ0) is 12.3. The van der Waals surface area contributed by atoms with Crippen LogP contribution in [0.2, 0.25) is 0 Å². The molecule has 0 saturated heterocycles. The van der Waals surface area contributed by atoms with Gasteiger partial charge in [0.05, 0.1) is 5.69 Å². The van der Waals surface area contributed by atoms with Gasteiger partial charge in [-0.1, -0.05) is 19.8 Å². The maximum Gasteiger partial charge on any atom is 0.250 e. The average molecular weight is 234 g/mol. The van der Waals surface area contributed by atoms with Crippen LogP contribution in [0.15, 0.2) is 23.1 Å². The Hall–Kier alpha value is -1.25. The standard InChI is InChI=1S/C14H22N2O/c1-3-11-6-5-7-13(11)15-12-8-9-14(17)16(4-2)10-12/h8-11,13,15H,3-7H2,1-2H3. The van der Waals surface area contributed by atoms with Gasteiger partial charge < -0.3 is 9.88 Å². The number of anilines is 1. The molecular formula is C14H22N2O. The van der Waals surface area contributed by atoms with Crippen LogP contribution in [0.5, 0.6) is 0 Å². The molecule has 0 radical (unpaired) electrons. The summed E-state index contributed by atoms with van der Waals surface area (Å²) in [7, 11) is 0. The minimum Gasteiger partial charge on any atom is -0.381 e. The smallest absolute Gasteiger partial charge is 0.250 e. The summed E-state index contributed by atoms with van der Waals surface area (Å²) < 4.78 is 1.75. The third-order valence-corrected chi connectivity index (χ3v) is 3.86. The second kappa shape index (κ2) is 5.39. The van der Waals surface area contributed by atoms with E-state index >= 15 is 0 Å². The van der Waals surface area contributed by atoms with Crippen molar-refractivity contribution >= 4 is 5.69 Å². The highest BCUT2D eigenvalue weighted by molar-refractivity contribution is 5.41. The maximum atomic E-state index is 11.5. The second-order valence-electron chi connectivity index (χ2n) is 4.89. The highest BCUT2D eigenvalue weighted by Gasteiger charge is 2.25. The molecular weight excluding hydrogens is 212 g/mol. The van der Waals surface area contributed by atoms with Gasteiger partial charge in [0.15, 0.2) is 0 Å². The zero-order valence-corrected chi connectivity index (χ0v) is 10.8.